The van der Waals surface area contributed by atoms with Crippen LogP contribution in [0.4, 0.5) is 29.0 Å². The first-order valence-electron chi connectivity index (χ1n) is 10.1. The maximum atomic E-state index is 12.8. The van der Waals surface area contributed by atoms with Crippen molar-refractivity contribution in [2.45, 2.75) is 39.8 Å². The molecule has 4 aromatic rings. The van der Waals surface area contributed by atoms with Gasteiger partial charge in [0.25, 0.3) is 0 Å². The minimum atomic E-state index is -0.275. The van der Waals surface area contributed by atoms with E-state index >= 15 is 0 Å². The Morgan fingerprint density at radius 2 is 1.84 bits per heavy atom. The quantitative estimate of drug-likeness (QED) is 0.349. The van der Waals surface area contributed by atoms with Crippen LogP contribution in [0.3, 0.4) is 0 Å². The minimum absolute atomic E-state index is 0.00261. The average Bonchev–Trinajstić information content (AvgIpc) is 3.27. The fraction of sp³-hybridized carbons (Fsp3) is 0.286. The maximum Gasteiger partial charge on any atom is 0.245 e. The molecule has 1 aromatic carbocycles. The summed E-state index contributed by atoms with van der Waals surface area (Å²) < 4.78 is 3.42. The number of nitrogens with two attached hydrogens (primary N) is 2. The van der Waals surface area contributed by atoms with E-state index in [4.69, 9.17) is 11.5 Å². The number of carbonyl (C=O) groups is 1. The molecule has 1 amide bonds. The first kappa shape index (κ1) is 21.1. The second-order valence-corrected chi connectivity index (χ2v) is 8.52. The molecule has 166 valence electrons. The lowest BCUT2D eigenvalue weighted by Crippen LogP contribution is -2.28. The summed E-state index contributed by atoms with van der Waals surface area (Å²) in [5.41, 5.74) is 14.6. The SMILES string of the molecule is Cc1cc(NC(=O)Cn2cnc3c(Nc4ccc(N)cc4)nc(N)nc32)n(C(C)(C)C)n1. The lowest BCUT2D eigenvalue weighted by molar-refractivity contribution is -0.116. The van der Waals surface area contributed by atoms with Gasteiger partial charge >= 0.3 is 0 Å². The Hall–Kier alpha value is -4.15. The lowest BCUT2D eigenvalue weighted by atomic mass is 10.1. The summed E-state index contributed by atoms with van der Waals surface area (Å²) in [7, 11) is 0. The number of aromatic nitrogens is 6. The molecule has 6 N–H and O–H groups in total. The highest BCUT2D eigenvalue weighted by atomic mass is 16.2. The second-order valence-electron chi connectivity index (χ2n) is 8.52. The number of nitrogens with zero attached hydrogens (tertiary/aromatic N) is 6. The van der Waals surface area contributed by atoms with E-state index in [0.717, 1.165) is 11.4 Å². The standard InChI is InChI=1S/C21H26N10O/c1-12-9-15(31(29-12)21(2,3)4)26-16(32)10-30-11-24-17-18(27-20(23)28-19(17)30)25-14-7-5-13(22)6-8-14/h5-9,11H,10,22H2,1-4H3,(H,26,32)(H3,23,25,27,28). The molecule has 3 aromatic heterocycles. The van der Waals surface area contributed by atoms with Gasteiger partial charge in [0, 0.05) is 17.4 Å². The highest BCUT2D eigenvalue weighted by molar-refractivity contribution is 5.92. The summed E-state index contributed by atoms with van der Waals surface area (Å²) in [5, 5.41) is 10.6. The van der Waals surface area contributed by atoms with Gasteiger partial charge in [-0.05, 0) is 52.0 Å². The van der Waals surface area contributed by atoms with Gasteiger partial charge < -0.3 is 26.7 Å². The van der Waals surface area contributed by atoms with Crippen LogP contribution in [-0.2, 0) is 16.9 Å². The molecule has 0 saturated heterocycles. The van der Waals surface area contributed by atoms with Crippen molar-refractivity contribution in [1.82, 2.24) is 29.3 Å². The number of fused-ring (bicyclic) bond motifs is 1. The molecule has 0 aliphatic carbocycles. The smallest absolute Gasteiger partial charge is 0.245 e. The summed E-state index contributed by atoms with van der Waals surface area (Å²) in [6.45, 7) is 7.95. The number of nitrogen functional groups attached to an aromatic ring is 2. The highest BCUT2D eigenvalue weighted by Crippen LogP contribution is 2.25. The normalized spacial score (nSPS) is 11.6. The molecule has 0 bridgehead atoms. The first-order chi connectivity index (χ1) is 15.1. The van der Waals surface area contributed by atoms with E-state index in [0.29, 0.717) is 28.5 Å². The summed E-state index contributed by atoms with van der Waals surface area (Å²) in [5.74, 6) is 0.904. The van der Waals surface area contributed by atoms with Crippen LogP contribution in [0.5, 0.6) is 0 Å². The Labute approximate surface area is 184 Å². The van der Waals surface area contributed by atoms with Crippen LogP contribution in [0.25, 0.3) is 11.2 Å². The highest BCUT2D eigenvalue weighted by Gasteiger charge is 2.21. The molecule has 11 heteroatoms. The predicted molar refractivity (Wildman–Crippen MR) is 124 cm³/mol. The number of hydrogen-bond donors (Lipinski definition) is 4. The van der Waals surface area contributed by atoms with Crippen LogP contribution >= 0.6 is 0 Å². The minimum Gasteiger partial charge on any atom is -0.399 e. The maximum absolute atomic E-state index is 12.8. The van der Waals surface area contributed by atoms with Crippen molar-refractivity contribution in [3.63, 3.8) is 0 Å². The Balaban J connectivity index is 1.59. The predicted octanol–water partition coefficient (Wildman–Crippen LogP) is 2.63. The first-order valence-corrected chi connectivity index (χ1v) is 10.1. The van der Waals surface area contributed by atoms with E-state index in [1.54, 1.807) is 27.7 Å². The molecular formula is C21H26N10O. The number of amides is 1. The third-order valence-electron chi connectivity index (χ3n) is 4.70. The fourth-order valence-electron chi connectivity index (χ4n) is 3.30. The number of aryl methyl sites for hydroxylation is 1. The number of anilines is 5. The van der Waals surface area contributed by atoms with Gasteiger partial charge in [-0.1, -0.05) is 0 Å². The lowest BCUT2D eigenvalue weighted by Gasteiger charge is -2.22. The van der Waals surface area contributed by atoms with Crippen molar-refractivity contribution < 1.29 is 4.79 Å². The number of nitrogens with one attached hydrogen (secondary N) is 2. The van der Waals surface area contributed by atoms with Crippen LogP contribution in [0, 0.1) is 6.92 Å². The number of rotatable bonds is 5. The van der Waals surface area contributed by atoms with Crippen LogP contribution in [-0.4, -0.2) is 35.2 Å². The van der Waals surface area contributed by atoms with Crippen LogP contribution in [0.15, 0.2) is 36.7 Å². The molecule has 0 spiro atoms. The molecule has 11 nitrogen and oxygen atoms in total. The van der Waals surface area contributed by atoms with Gasteiger partial charge in [0.1, 0.15) is 12.4 Å². The summed E-state index contributed by atoms with van der Waals surface area (Å²) >= 11 is 0. The number of benzene rings is 1. The zero-order valence-corrected chi connectivity index (χ0v) is 18.4. The fourth-order valence-corrected chi connectivity index (χ4v) is 3.30. The molecule has 0 fully saturated rings. The van der Waals surface area contributed by atoms with Crippen molar-refractivity contribution in [3.8, 4) is 0 Å². The summed E-state index contributed by atoms with van der Waals surface area (Å²) in [4.78, 5) is 25.7. The average molecular weight is 435 g/mol. The third kappa shape index (κ3) is 4.31. The van der Waals surface area contributed by atoms with Crippen LogP contribution in [0.2, 0.25) is 0 Å². The van der Waals surface area contributed by atoms with Gasteiger partial charge in [0.15, 0.2) is 17.0 Å². The zero-order valence-electron chi connectivity index (χ0n) is 18.4. The summed E-state index contributed by atoms with van der Waals surface area (Å²) in [6, 6.07) is 9.03. The van der Waals surface area contributed by atoms with E-state index in [-0.39, 0.29) is 23.9 Å². The molecule has 0 saturated carbocycles. The van der Waals surface area contributed by atoms with Gasteiger partial charge in [-0.2, -0.15) is 15.1 Å². The Morgan fingerprint density at radius 3 is 2.53 bits per heavy atom. The van der Waals surface area contributed by atoms with Gasteiger partial charge in [0.2, 0.25) is 11.9 Å². The number of hydrogen-bond acceptors (Lipinski definition) is 8. The topological polar surface area (TPSA) is 155 Å². The summed E-state index contributed by atoms with van der Waals surface area (Å²) in [6.07, 6.45) is 1.54. The molecular weight excluding hydrogens is 408 g/mol. The molecule has 0 atom stereocenters. The van der Waals surface area contributed by atoms with Gasteiger partial charge in [-0.25, -0.2) is 9.67 Å². The molecule has 0 radical (unpaired) electrons. The van der Waals surface area contributed by atoms with Crippen molar-refractivity contribution >= 4 is 46.0 Å². The van der Waals surface area contributed by atoms with Crippen LogP contribution in [0.1, 0.15) is 26.5 Å². The largest absolute Gasteiger partial charge is 0.399 e. The molecule has 4 rings (SSSR count). The van der Waals surface area contributed by atoms with Gasteiger partial charge in [-0.3, -0.25) is 4.79 Å². The molecule has 0 aliphatic rings. The van der Waals surface area contributed by atoms with E-state index < -0.39 is 0 Å². The number of carbonyl (C=O) groups excluding carboxylic acids is 1. The molecule has 0 aliphatic heterocycles. The third-order valence-corrected chi connectivity index (χ3v) is 4.70. The Morgan fingerprint density at radius 1 is 1.12 bits per heavy atom. The zero-order chi connectivity index (χ0) is 23.0. The Bertz CT molecular complexity index is 1280. The van der Waals surface area contributed by atoms with Crippen molar-refractivity contribution in [3.05, 3.63) is 42.4 Å². The van der Waals surface area contributed by atoms with Gasteiger partial charge in [0.05, 0.1) is 17.6 Å². The van der Waals surface area contributed by atoms with E-state index in [1.165, 1.54) is 0 Å². The molecule has 3 heterocycles. The Kier molecular flexibility index (Phi) is 5.17. The monoisotopic (exact) mass is 434 g/mol. The van der Waals surface area contributed by atoms with E-state index in [1.807, 2.05) is 45.9 Å². The van der Waals surface area contributed by atoms with E-state index in [2.05, 4.69) is 30.7 Å². The second kappa shape index (κ2) is 7.84. The molecule has 32 heavy (non-hydrogen) atoms. The van der Waals surface area contributed by atoms with E-state index in [9.17, 15) is 4.79 Å². The van der Waals surface area contributed by atoms with Crippen molar-refractivity contribution in [2.75, 3.05) is 22.1 Å². The van der Waals surface area contributed by atoms with Crippen LogP contribution < -0.4 is 22.1 Å². The number of imidazole rings is 1. The van der Waals surface area contributed by atoms with Crippen molar-refractivity contribution in [2.24, 2.45) is 0 Å². The van der Waals surface area contributed by atoms with Gasteiger partial charge in [-0.15, -0.1) is 0 Å². The van der Waals surface area contributed by atoms with Crippen molar-refractivity contribution in [1.29, 1.82) is 0 Å². The molecule has 0 unspecified atom stereocenters.